The molecule has 5 rings (SSSR count). The number of amides is 1. The highest BCUT2D eigenvalue weighted by molar-refractivity contribution is 7.22. The van der Waals surface area contributed by atoms with Crippen molar-refractivity contribution in [2.75, 3.05) is 12.0 Å². The lowest BCUT2D eigenvalue weighted by molar-refractivity contribution is -0.132. The highest BCUT2D eigenvalue weighted by Gasteiger charge is 2.48. The normalized spacial score (nSPS) is 17.5. The molecular formula is C26H19ClN2O4S. The number of hydrogen-bond donors (Lipinski definition) is 1. The number of benzene rings is 3. The number of methoxy groups -OCH3 is 1. The van der Waals surface area contributed by atoms with E-state index in [1.807, 2.05) is 37.3 Å². The summed E-state index contributed by atoms with van der Waals surface area (Å²) in [7, 11) is 1.58. The van der Waals surface area contributed by atoms with Crippen LogP contribution < -0.4 is 9.64 Å². The van der Waals surface area contributed by atoms with Crippen molar-refractivity contribution in [3.05, 3.63) is 94.0 Å². The molecule has 3 aromatic carbocycles. The molecule has 0 spiro atoms. The van der Waals surface area contributed by atoms with Crippen LogP contribution in [0.2, 0.25) is 5.02 Å². The number of thiazole rings is 1. The lowest BCUT2D eigenvalue weighted by Gasteiger charge is -2.23. The Morgan fingerprint density at radius 3 is 2.44 bits per heavy atom. The number of ketones is 1. The maximum Gasteiger partial charge on any atom is 0.301 e. The van der Waals surface area contributed by atoms with Crippen LogP contribution in [0.1, 0.15) is 22.7 Å². The molecule has 4 aromatic rings. The Morgan fingerprint density at radius 2 is 1.76 bits per heavy atom. The predicted molar refractivity (Wildman–Crippen MR) is 134 cm³/mol. The van der Waals surface area contributed by atoms with Crippen molar-refractivity contribution in [2.45, 2.75) is 13.0 Å². The van der Waals surface area contributed by atoms with Gasteiger partial charge in [-0.15, -0.1) is 0 Å². The second kappa shape index (κ2) is 8.59. The zero-order valence-electron chi connectivity index (χ0n) is 18.3. The average molecular weight is 491 g/mol. The van der Waals surface area contributed by atoms with Gasteiger partial charge in [-0.1, -0.05) is 52.8 Å². The Bertz CT molecular complexity index is 1460. The predicted octanol–water partition coefficient (Wildman–Crippen LogP) is 5.89. The first-order chi connectivity index (χ1) is 16.4. The number of aromatic nitrogens is 1. The summed E-state index contributed by atoms with van der Waals surface area (Å²) >= 11 is 7.27. The molecule has 1 fully saturated rings. The standard InChI is InChI=1S/C26H19ClN2O4S/c1-14-3-5-15(6-4-14)22-21(23(30)16-7-9-17(27)10-8-16)24(31)25(32)29(22)26-28-19-12-11-18(33-2)13-20(19)34-26/h3-13,22,30H,1-2H3/t22-/m0/s1. The van der Waals surface area contributed by atoms with Crippen molar-refractivity contribution in [1.82, 2.24) is 4.98 Å². The second-order valence-corrected chi connectivity index (χ2v) is 9.36. The SMILES string of the molecule is COc1ccc2nc(N3C(=O)C(=O)C(=C(O)c4ccc(Cl)cc4)[C@@H]3c3ccc(C)cc3)sc2c1. The molecule has 0 aliphatic carbocycles. The molecule has 0 saturated carbocycles. The van der Waals surface area contributed by atoms with E-state index >= 15 is 0 Å². The number of rotatable bonds is 4. The summed E-state index contributed by atoms with van der Waals surface area (Å²) in [4.78, 5) is 32.6. The van der Waals surface area contributed by atoms with Gasteiger partial charge in [0.25, 0.3) is 5.78 Å². The van der Waals surface area contributed by atoms with E-state index in [2.05, 4.69) is 4.98 Å². The number of hydrogen-bond acceptors (Lipinski definition) is 6. The average Bonchev–Trinajstić information content (AvgIpc) is 3.37. The molecule has 8 heteroatoms. The van der Waals surface area contributed by atoms with Gasteiger partial charge in [0, 0.05) is 10.6 Å². The van der Waals surface area contributed by atoms with Gasteiger partial charge in [-0.3, -0.25) is 14.5 Å². The molecule has 1 aliphatic rings. The Hall–Kier alpha value is -3.68. The van der Waals surface area contributed by atoms with E-state index in [-0.39, 0.29) is 11.3 Å². The fourth-order valence-corrected chi connectivity index (χ4v) is 5.13. The highest BCUT2D eigenvalue weighted by Crippen LogP contribution is 2.44. The van der Waals surface area contributed by atoms with Gasteiger partial charge in [-0.05, 0) is 55.0 Å². The summed E-state index contributed by atoms with van der Waals surface area (Å²) < 4.78 is 6.11. The fraction of sp³-hybridized carbons (Fsp3) is 0.115. The maximum absolute atomic E-state index is 13.3. The number of ether oxygens (including phenoxy) is 1. The number of anilines is 1. The number of nitrogens with zero attached hydrogens (tertiary/aromatic N) is 2. The van der Waals surface area contributed by atoms with Crippen LogP contribution in [0.15, 0.2) is 72.3 Å². The van der Waals surface area contributed by atoms with E-state index in [0.717, 1.165) is 10.3 Å². The van der Waals surface area contributed by atoms with Gasteiger partial charge in [0.15, 0.2) is 5.13 Å². The third-order valence-electron chi connectivity index (χ3n) is 5.75. The zero-order valence-corrected chi connectivity index (χ0v) is 19.9. The molecule has 0 radical (unpaired) electrons. The molecule has 1 aromatic heterocycles. The largest absolute Gasteiger partial charge is 0.507 e. The van der Waals surface area contributed by atoms with Gasteiger partial charge in [0.2, 0.25) is 0 Å². The van der Waals surface area contributed by atoms with Gasteiger partial charge in [-0.2, -0.15) is 0 Å². The smallest absolute Gasteiger partial charge is 0.301 e. The summed E-state index contributed by atoms with van der Waals surface area (Å²) in [5.41, 5.74) is 2.81. The first-order valence-corrected chi connectivity index (χ1v) is 11.6. The lowest BCUT2D eigenvalue weighted by atomic mass is 9.95. The molecule has 1 saturated heterocycles. The first kappa shape index (κ1) is 22.1. The Kier molecular flexibility index (Phi) is 5.59. The van der Waals surface area contributed by atoms with E-state index in [1.165, 1.54) is 16.2 Å². The maximum atomic E-state index is 13.3. The van der Waals surface area contributed by atoms with E-state index in [0.29, 0.717) is 32.5 Å². The van der Waals surface area contributed by atoms with Gasteiger partial charge in [0.05, 0.1) is 28.9 Å². The van der Waals surface area contributed by atoms with Crippen molar-refractivity contribution < 1.29 is 19.4 Å². The number of aliphatic hydroxyl groups excluding tert-OH is 1. The summed E-state index contributed by atoms with van der Waals surface area (Å²) in [5, 5.41) is 12.0. The van der Waals surface area contributed by atoms with E-state index in [1.54, 1.807) is 43.5 Å². The minimum Gasteiger partial charge on any atom is -0.507 e. The van der Waals surface area contributed by atoms with E-state index in [9.17, 15) is 14.7 Å². The van der Waals surface area contributed by atoms with Crippen LogP contribution in [0.5, 0.6) is 5.75 Å². The topological polar surface area (TPSA) is 79.7 Å². The number of carbonyl (C=O) groups is 2. The molecule has 1 aliphatic heterocycles. The quantitative estimate of drug-likeness (QED) is 0.219. The van der Waals surface area contributed by atoms with E-state index < -0.39 is 17.7 Å². The minimum atomic E-state index is -0.835. The molecule has 170 valence electrons. The number of carbonyl (C=O) groups excluding carboxylic acids is 2. The van der Waals surface area contributed by atoms with Crippen LogP contribution in [-0.2, 0) is 9.59 Å². The van der Waals surface area contributed by atoms with Crippen LogP contribution in [0, 0.1) is 6.92 Å². The number of halogens is 1. The van der Waals surface area contributed by atoms with Crippen LogP contribution in [0.4, 0.5) is 5.13 Å². The van der Waals surface area contributed by atoms with Crippen LogP contribution in [0.25, 0.3) is 16.0 Å². The first-order valence-electron chi connectivity index (χ1n) is 10.5. The molecule has 0 bridgehead atoms. The zero-order chi connectivity index (χ0) is 24.0. The van der Waals surface area contributed by atoms with Gasteiger partial charge in [0.1, 0.15) is 11.5 Å². The van der Waals surface area contributed by atoms with Gasteiger partial charge >= 0.3 is 5.91 Å². The monoisotopic (exact) mass is 490 g/mol. The number of Topliss-reactive ketones (excluding diaryl/α,β-unsaturated/α-hetero) is 1. The molecule has 6 nitrogen and oxygen atoms in total. The third-order valence-corrected chi connectivity index (χ3v) is 7.02. The van der Waals surface area contributed by atoms with Crippen molar-refractivity contribution >= 4 is 55.7 Å². The van der Waals surface area contributed by atoms with Crippen molar-refractivity contribution in [1.29, 1.82) is 0 Å². The summed E-state index contributed by atoms with van der Waals surface area (Å²) in [5.74, 6) is -1.10. The molecule has 2 heterocycles. The molecule has 1 amide bonds. The van der Waals surface area contributed by atoms with Crippen LogP contribution in [0.3, 0.4) is 0 Å². The Labute approximate surface area is 204 Å². The van der Waals surface area contributed by atoms with Crippen molar-refractivity contribution in [3.8, 4) is 5.75 Å². The highest BCUT2D eigenvalue weighted by atomic mass is 35.5. The molecule has 0 unspecified atom stereocenters. The van der Waals surface area contributed by atoms with Gasteiger partial charge in [-0.25, -0.2) is 4.98 Å². The number of aryl methyl sites for hydroxylation is 1. The van der Waals surface area contributed by atoms with Crippen LogP contribution in [-0.4, -0.2) is 28.9 Å². The summed E-state index contributed by atoms with van der Waals surface area (Å²) in [6.07, 6.45) is 0. The molecule has 1 atom stereocenters. The Morgan fingerprint density at radius 1 is 1.06 bits per heavy atom. The molecule has 1 N–H and O–H groups in total. The Balaban J connectivity index is 1.71. The minimum absolute atomic E-state index is 0.00742. The van der Waals surface area contributed by atoms with Crippen molar-refractivity contribution in [3.63, 3.8) is 0 Å². The third kappa shape index (κ3) is 3.73. The summed E-state index contributed by atoms with van der Waals surface area (Å²) in [6.45, 7) is 1.95. The number of aliphatic hydroxyl groups is 1. The molecular weight excluding hydrogens is 472 g/mol. The van der Waals surface area contributed by atoms with E-state index in [4.69, 9.17) is 16.3 Å². The molecule has 34 heavy (non-hydrogen) atoms. The lowest BCUT2D eigenvalue weighted by Crippen LogP contribution is -2.29. The van der Waals surface area contributed by atoms with Crippen LogP contribution >= 0.6 is 22.9 Å². The van der Waals surface area contributed by atoms with Crippen molar-refractivity contribution in [2.24, 2.45) is 0 Å². The summed E-state index contributed by atoms with van der Waals surface area (Å²) in [6, 6.07) is 18.6. The second-order valence-electron chi connectivity index (χ2n) is 7.92. The fourth-order valence-electron chi connectivity index (χ4n) is 3.98. The van der Waals surface area contributed by atoms with Gasteiger partial charge < -0.3 is 9.84 Å². The number of fused-ring (bicyclic) bond motifs is 1.